The van der Waals surface area contributed by atoms with Gasteiger partial charge in [-0.05, 0) is 24.6 Å². The maximum absolute atomic E-state index is 13.2. The number of aryl methyl sites for hydroxylation is 1. The van der Waals surface area contributed by atoms with E-state index in [-0.39, 0.29) is 11.5 Å². The van der Waals surface area contributed by atoms with Crippen molar-refractivity contribution in [3.8, 4) is 11.5 Å². The molecule has 32 heavy (non-hydrogen) atoms. The lowest BCUT2D eigenvalue weighted by atomic mass is 10.0. The molecule has 1 atom stereocenters. The van der Waals surface area contributed by atoms with Crippen LogP contribution in [0.5, 0.6) is 11.5 Å². The van der Waals surface area contributed by atoms with Crippen LogP contribution in [0.4, 0.5) is 0 Å². The zero-order chi connectivity index (χ0) is 22.7. The van der Waals surface area contributed by atoms with Crippen LogP contribution < -0.4 is 20.3 Å². The molecule has 8 nitrogen and oxygen atoms in total. The van der Waals surface area contributed by atoms with Gasteiger partial charge in [0, 0.05) is 24.2 Å². The van der Waals surface area contributed by atoms with E-state index in [1.807, 2.05) is 43.3 Å². The number of aromatic amines is 1. The number of amides is 1. The first-order chi connectivity index (χ1) is 15.5. The Kier molecular flexibility index (Phi) is 5.93. The molecule has 0 radical (unpaired) electrons. The number of ether oxygens (including phenoxy) is 2. The lowest BCUT2D eigenvalue weighted by Gasteiger charge is -2.20. The zero-order valence-corrected chi connectivity index (χ0v) is 18.1. The van der Waals surface area contributed by atoms with Crippen LogP contribution in [0.2, 0.25) is 0 Å². The second-order valence-electron chi connectivity index (χ2n) is 7.40. The molecule has 0 spiro atoms. The van der Waals surface area contributed by atoms with E-state index >= 15 is 0 Å². The predicted octanol–water partition coefficient (Wildman–Crippen LogP) is 3.06. The molecule has 1 amide bonds. The Morgan fingerprint density at radius 1 is 1.09 bits per heavy atom. The fourth-order valence-electron chi connectivity index (χ4n) is 3.71. The number of carbonyl (C=O) groups is 1. The molecular formula is C24H24N4O4. The summed E-state index contributed by atoms with van der Waals surface area (Å²) in [6.45, 7) is 1.86. The highest BCUT2D eigenvalue weighted by atomic mass is 16.5. The third-order valence-corrected chi connectivity index (χ3v) is 5.20. The number of aromatic nitrogens is 3. The highest BCUT2D eigenvalue weighted by molar-refractivity contribution is 5.98. The number of nitrogens with one attached hydrogen (secondary N) is 2. The Bertz CT molecular complexity index is 1310. The van der Waals surface area contributed by atoms with Gasteiger partial charge in [-0.25, -0.2) is 9.50 Å². The van der Waals surface area contributed by atoms with Crippen molar-refractivity contribution in [2.75, 3.05) is 14.2 Å². The summed E-state index contributed by atoms with van der Waals surface area (Å²) in [5, 5.41) is 6.03. The minimum Gasteiger partial charge on any atom is -0.493 e. The van der Waals surface area contributed by atoms with E-state index in [1.54, 1.807) is 18.2 Å². The molecule has 164 valence electrons. The van der Waals surface area contributed by atoms with Crippen LogP contribution >= 0.6 is 0 Å². The maximum atomic E-state index is 13.2. The summed E-state index contributed by atoms with van der Waals surface area (Å²) in [6.07, 6.45) is 0.345. The molecule has 4 rings (SSSR count). The van der Waals surface area contributed by atoms with Gasteiger partial charge in [-0.1, -0.05) is 36.4 Å². The summed E-state index contributed by atoms with van der Waals surface area (Å²) in [7, 11) is 3.02. The predicted molar refractivity (Wildman–Crippen MR) is 120 cm³/mol. The van der Waals surface area contributed by atoms with E-state index in [0.717, 1.165) is 11.3 Å². The minimum absolute atomic E-state index is 0.203. The van der Waals surface area contributed by atoms with Gasteiger partial charge in [0.25, 0.3) is 11.5 Å². The van der Waals surface area contributed by atoms with E-state index in [9.17, 15) is 9.59 Å². The number of benzene rings is 2. The molecule has 2 aromatic heterocycles. The van der Waals surface area contributed by atoms with Crippen molar-refractivity contribution in [3.05, 3.63) is 93.5 Å². The van der Waals surface area contributed by atoms with Crippen LogP contribution in [0.3, 0.4) is 0 Å². The van der Waals surface area contributed by atoms with Gasteiger partial charge in [-0.2, -0.15) is 0 Å². The molecule has 0 aliphatic rings. The second kappa shape index (κ2) is 8.97. The monoisotopic (exact) mass is 432 g/mol. The molecule has 0 fully saturated rings. The fraction of sp³-hybridized carbons (Fsp3) is 0.208. The lowest BCUT2D eigenvalue weighted by Crippen LogP contribution is -2.31. The molecule has 2 aromatic carbocycles. The highest BCUT2D eigenvalue weighted by Gasteiger charge is 2.22. The molecule has 8 heteroatoms. The van der Waals surface area contributed by atoms with Crippen molar-refractivity contribution in [1.82, 2.24) is 19.9 Å². The number of para-hydroxylation sites is 1. The van der Waals surface area contributed by atoms with Crippen LogP contribution in [0, 0.1) is 6.92 Å². The largest absolute Gasteiger partial charge is 0.493 e. The van der Waals surface area contributed by atoms with Gasteiger partial charge in [0.1, 0.15) is 0 Å². The van der Waals surface area contributed by atoms with Crippen LogP contribution in [0.25, 0.3) is 5.65 Å². The Hall–Kier alpha value is -4.07. The summed E-state index contributed by atoms with van der Waals surface area (Å²) in [5.41, 5.74) is 3.02. The Balaban J connectivity index is 1.68. The molecule has 0 aliphatic heterocycles. The SMILES string of the molecule is COc1cccc(C(=O)N[C@H](Cc2cc(=O)n3[nH]c(C)cc3n2)c2ccccc2)c1OC. The number of H-pyrrole nitrogens is 1. The Morgan fingerprint density at radius 3 is 2.59 bits per heavy atom. The highest BCUT2D eigenvalue weighted by Crippen LogP contribution is 2.31. The number of nitrogens with zero attached hydrogens (tertiary/aromatic N) is 2. The lowest BCUT2D eigenvalue weighted by molar-refractivity contribution is 0.0932. The van der Waals surface area contributed by atoms with Crippen LogP contribution in [-0.2, 0) is 6.42 Å². The van der Waals surface area contributed by atoms with E-state index in [4.69, 9.17) is 9.47 Å². The van der Waals surface area contributed by atoms with Crippen molar-refractivity contribution < 1.29 is 14.3 Å². The molecule has 0 bridgehead atoms. The van der Waals surface area contributed by atoms with E-state index in [0.29, 0.717) is 34.8 Å². The van der Waals surface area contributed by atoms with Crippen molar-refractivity contribution in [3.63, 3.8) is 0 Å². The average Bonchev–Trinajstić information content (AvgIpc) is 3.19. The molecule has 0 saturated heterocycles. The summed E-state index contributed by atoms with van der Waals surface area (Å²) in [4.78, 5) is 30.3. The number of rotatable bonds is 7. The van der Waals surface area contributed by atoms with Crippen molar-refractivity contribution in [1.29, 1.82) is 0 Å². The third-order valence-electron chi connectivity index (χ3n) is 5.20. The number of methoxy groups -OCH3 is 2. The molecule has 2 N–H and O–H groups in total. The number of carbonyl (C=O) groups excluding carboxylic acids is 1. The van der Waals surface area contributed by atoms with Gasteiger partial charge in [-0.15, -0.1) is 0 Å². The number of hydrogen-bond donors (Lipinski definition) is 2. The zero-order valence-electron chi connectivity index (χ0n) is 18.1. The van der Waals surface area contributed by atoms with E-state index in [1.165, 1.54) is 24.8 Å². The first kappa shape index (κ1) is 21.2. The Morgan fingerprint density at radius 2 is 1.88 bits per heavy atom. The number of hydrogen-bond acceptors (Lipinski definition) is 5. The van der Waals surface area contributed by atoms with Crippen molar-refractivity contribution in [2.24, 2.45) is 0 Å². The smallest absolute Gasteiger partial charge is 0.272 e. The molecule has 2 heterocycles. The molecule has 0 saturated carbocycles. The average molecular weight is 432 g/mol. The third kappa shape index (κ3) is 4.20. The van der Waals surface area contributed by atoms with Gasteiger partial charge in [0.2, 0.25) is 0 Å². The standard InChI is InChI=1S/C24H24N4O4/c1-15-12-21-25-17(14-22(29)28(21)27-15)13-19(16-8-5-4-6-9-16)26-24(30)18-10-7-11-20(31-2)23(18)32-3/h4-12,14,19,27H,13H2,1-3H3,(H,26,30)/t19-/m1/s1. The summed E-state index contributed by atoms with van der Waals surface area (Å²) in [5.74, 6) is 0.518. The topological polar surface area (TPSA) is 97.7 Å². The van der Waals surface area contributed by atoms with Gasteiger partial charge < -0.3 is 14.8 Å². The first-order valence-electron chi connectivity index (χ1n) is 10.1. The van der Waals surface area contributed by atoms with Gasteiger partial charge in [0.15, 0.2) is 17.1 Å². The summed E-state index contributed by atoms with van der Waals surface area (Å²) in [6, 6.07) is 17.6. The van der Waals surface area contributed by atoms with Gasteiger partial charge >= 0.3 is 0 Å². The first-order valence-corrected chi connectivity index (χ1v) is 10.1. The normalized spacial score (nSPS) is 11.8. The van der Waals surface area contributed by atoms with E-state index in [2.05, 4.69) is 15.4 Å². The van der Waals surface area contributed by atoms with E-state index < -0.39 is 6.04 Å². The van der Waals surface area contributed by atoms with Crippen LogP contribution in [0.1, 0.15) is 33.4 Å². The van der Waals surface area contributed by atoms with Gasteiger partial charge in [0.05, 0.1) is 31.5 Å². The van der Waals surface area contributed by atoms with Crippen molar-refractivity contribution in [2.45, 2.75) is 19.4 Å². The fourth-order valence-corrected chi connectivity index (χ4v) is 3.71. The molecule has 4 aromatic rings. The van der Waals surface area contributed by atoms with Crippen molar-refractivity contribution >= 4 is 11.6 Å². The molecule has 0 unspecified atom stereocenters. The van der Waals surface area contributed by atoms with Crippen LogP contribution in [-0.4, -0.2) is 34.7 Å². The minimum atomic E-state index is -0.408. The second-order valence-corrected chi connectivity index (χ2v) is 7.40. The van der Waals surface area contributed by atoms with Crippen LogP contribution in [0.15, 0.2) is 65.5 Å². The molecular weight excluding hydrogens is 408 g/mol. The number of fused-ring (bicyclic) bond motifs is 1. The maximum Gasteiger partial charge on any atom is 0.272 e. The summed E-state index contributed by atoms with van der Waals surface area (Å²) < 4.78 is 12.1. The summed E-state index contributed by atoms with van der Waals surface area (Å²) >= 11 is 0. The van der Waals surface area contributed by atoms with Gasteiger partial charge in [-0.3, -0.25) is 14.7 Å². The Labute approximate surface area is 184 Å². The quantitative estimate of drug-likeness (QED) is 0.468. The molecule has 0 aliphatic carbocycles.